The van der Waals surface area contributed by atoms with Crippen LogP contribution in [0.3, 0.4) is 0 Å². The Morgan fingerprint density at radius 2 is 2.55 bits per heavy atom. The van der Waals surface area contributed by atoms with Crippen LogP contribution in [0.2, 0.25) is 0 Å². The first-order valence-electron chi connectivity index (χ1n) is 3.94. The smallest absolute Gasteiger partial charge is 0.312 e. The lowest BCUT2D eigenvalue weighted by molar-refractivity contribution is 0.105. The largest absolute Gasteiger partial charge is 0.378 e. The minimum atomic E-state index is -0.456. The topological polar surface area (TPSA) is 64.4 Å². The summed E-state index contributed by atoms with van der Waals surface area (Å²) in [5.41, 5.74) is 4.89. The van der Waals surface area contributed by atoms with Gasteiger partial charge < -0.3 is 15.8 Å². The third-order valence-electron chi connectivity index (χ3n) is 1.79. The third kappa shape index (κ3) is 3.23. The van der Waals surface area contributed by atoms with Gasteiger partial charge in [-0.3, -0.25) is 0 Å². The Kier molecular flexibility index (Phi) is 3.16. The fraction of sp³-hybridized carbons (Fsp3) is 0.857. The Morgan fingerprint density at radius 3 is 3.09 bits per heavy atom. The number of ether oxygens (including phenoxy) is 1. The van der Waals surface area contributed by atoms with E-state index in [1.807, 2.05) is 0 Å². The van der Waals surface area contributed by atoms with Crippen LogP contribution in [0.1, 0.15) is 19.3 Å². The Labute approximate surface area is 66.1 Å². The molecule has 1 aliphatic rings. The molecule has 0 aliphatic carbocycles. The van der Waals surface area contributed by atoms with Crippen LogP contribution in [0.4, 0.5) is 4.79 Å². The first kappa shape index (κ1) is 8.33. The molecule has 2 amide bonds. The summed E-state index contributed by atoms with van der Waals surface area (Å²) in [7, 11) is 0. The van der Waals surface area contributed by atoms with Crippen molar-refractivity contribution in [1.82, 2.24) is 5.32 Å². The molecule has 1 aliphatic heterocycles. The van der Waals surface area contributed by atoms with Gasteiger partial charge in [0.25, 0.3) is 0 Å². The molecule has 1 rings (SSSR count). The van der Waals surface area contributed by atoms with E-state index in [4.69, 9.17) is 10.5 Å². The van der Waals surface area contributed by atoms with Crippen molar-refractivity contribution in [2.45, 2.75) is 25.4 Å². The number of hydrogen-bond donors (Lipinski definition) is 2. The van der Waals surface area contributed by atoms with Crippen LogP contribution in [0.15, 0.2) is 0 Å². The van der Waals surface area contributed by atoms with Gasteiger partial charge in [0.15, 0.2) is 0 Å². The monoisotopic (exact) mass is 158 g/mol. The van der Waals surface area contributed by atoms with E-state index in [0.717, 1.165) is 25.9 Å². The number of urea groups is 1. The molecule has 11 heavy (non-hydrogen) atoms. The van der Waals surface area contributed by atoms with E-state index in [2.05, 4.69) is 5.32 Å². The lowest BCUT2D eigenvalue weighted by Crippen LogP contribution is -2.31. The van der Waals surface area contributed by atoms with E-state index in [9.17, 15) is 4.79 Å². The molecular formula is C7H14N2O2. The quantitative estimate of drug-likeness (QED) is 0.617. The van der Waals surface area contributed by atoms with Crippen molar-refractivity contribution in [2.24, 2.45) is 5.73 Å². The minimum Gasteiger partial charge on any atom is -0.378 e. The standard InChI is InChI=1S/C7H14N2O2/c8-7(10)9-4-3-6-2-1-5-11-6/h6H,1-5H2,(H3,8,9,10). The third-order valence-corrected chi connectivity index (χ3v) is 1.79. The number of carbonyl (C=O) groups excluding carboxylic acids is 1. The predicted octanol–water partition coefficient (Wildman–Crippen LogP) is 0.224. The minimum absolute atomic E-state index is 0.335. The number of rotatable bonds is 3. The van der Waals surface area contributed by atoms with Crippen LogP contribution in [-0.2, 0) is 4.74 Å². The molecule has 3 N–H and O–H groups in total. The van der Waals surface area contributed by atoms with Gasteiger partial charge in [-0.25, -0.2) is 4.79 Å². The van der Waals surface area contributed by atoms with E-state index < -0.39 is 6.03 Å². The Morgan fingerprint density at radius 1 is 1.73 bits per heavy atom. The summed E-state index contributed by atoms with van der Waals surface area (Å²) >= 11 is 0. The zero-order chi connectivity index (χ0) is 8.10. The summed E-state index contributed by atoms with van der Waals surface area (Å²) in [4.78, 5) is 10.2. The van der Waals surface area contributed by atoms with Crippen LogP contribution in [0, 0.1) is 0 Å². The van der Waals surface area contributed by atoms with Crippen molar-refractivity contribution in [3.63, 3.8) is 0 Å². The summed E-state index contributed by atoms with van der Waals surface area (Å²) in [5, 5.41) is 2.53. The second kappa shape index (κ2) is 4.18. The lowest BCUT2D eigenvalue weighted by Gasteiger charge is -2.08. The lowest BCUT2D eigenvalue weighted by atomic mass is 10.2. The molecular weight excluding hydrogens is 144 g/mol. The second-order valence-corrected chi connectivity index (χ2v) is 2.71. The molecule has 0 aromatic heterocycles. The van der Waals surface area contributed by atoms with E-state index in [1.54, 1.807) is 0 Å². The molecule has 0 saturated carbocycles. The van der Waals surface area contributed by atoms with Gasteiger partial charge >= 0.3 is 6.03 Å². The summed E-state index contributed by atoms with van der Waals surface area (Å²) in [6.45, 7) is 1.49. The highest BCUT2D eigenvalue weighted by molar-refractivity contribution is 5.71. The Balaban J connectivity index is 1.98. The van der Waals surface area contributed by atoms with Crippen LogP contribution in [-0.4, -0.2) is 25.3 Å². The molecule has 0 aromatic carbocycles. The highest BCUT2D eigenvalue weighted by Gasteiger charge is 2.14. The van der Waals surface area contributed by atoms with Gasteiger partial charge in [-0.2, -0.15) is 0 Å². The molecule has 0 aromatic rings. The van der Waals surface area contributed by atoms with Crippen LogP contribution >= 0.6 is 0 Å². The van der Waals surface area contributed by atoms with Crippen molar-refractivity contribution in [3.8, 4) is 0 Å². The molecule has 4 heteroatoms. The summed E-state index contributed by atoms with van der Waals surface area (Å²) < 4.78 is 5.34. The molecule has 1 saturated heterocycles. The van der Waals surface area contributed by atoms with Crippen molar-refractivity contribution >= 4 is 6.03 Å². The summed E-state index contributed by atoms with van der Waals surface area (Å²) in [5.74, 6) is 0. The van der Waals surface area contributed by atoms with Crippen molar-refractivity contribution in [1.29, 1.82) is 0 Å². The molecule has 0 bridgehead atoms. The first-order valence-corrected chi connectivity index (χ1v) is 3.94. The van der Waals surface area contributed by atoms with Gasteiger partial charge in [-0.05, 0) is 19.3 Å². The van der Waals surface area contributed by atoms with Crippen molar-refractivity contribution < 1.29 is 9.53 Å². The number of nitrogens with one attached hydrogen (secondary N) is 1. The molecule has 4 nitrogen and oxygen atoms in total. The molecule has 1 unspecified atom stereocenters. The second-order valence-electron chi connectivity index (χ2n) is 2.71. The maximum Gasteiger partial charge on any atom is 0.312 e. The SMILES string of the molecule is NC(=O)NCCC1CCCO1. The maximum absolute atomic E-state index is 10.2. The molecule has 1 atom stereocenters. The maximum atomic E-state index is 10.2. The number of carbonyl (C=O) groups is 1. The highest BCUT2D eigenvalue weighted by Crippen LogP contribution is 2.14. The summed E-state index contributed by atoms with van der Waals surface area (Å²) in [6, 6.07) is -0.456. The van der Waals surface area contributed by atoms with E-state index in [1.165, 1.54) is 0 Å². The van der Waals surface area contributed by atoms with Gasteiger partial charge in [0.1, 0.15) is 0 Å². The number of nitrogens with two attached hydrogens (primary N) is 1. The average molecular weight is 158 g/mol. The zero-order valence-corrected chi connectivity index (χ0v) is 6.51. The number of hydrogen-bond acceptors (Lipinski definition) is 2. The van der Waals surface area contributed by atoms with Gasteiger partial charge in [0.2, 0.25) is 0 Å². The molecule has 0 radical (unpaired) electrons. The molecule has 64 valence electrons. The molecule has 1 fully saturated rings. The van der Waals surface area contributed by atoms with E-state index in [-0.39, 0.29) is 0 Å². The molecule has 0 spiro atoms. The van der Waals surface area contributed by atoms with Crippen LogP contribution < -0.4 is 11.1 Å². The number of amides is 2. The fourth-order valence-corrected chi connectivity index (χ4v) is 1.23. The summed E-state index contributed by atoms with van der Waals surface area (Å²) in [6.07, 6.45) is 3.46. The van der Waals surface area contributed by atoms with Crippen LogP contribution in [0.5, 0.6) is 0 Å². The molecule has 1 heterocycles. The van der Waals surface area contributed by atoms with Gasteiger partial charge in [0, 0.05) is 13.2 Å². The highest BCUT2D eigenvalue weighted by atomic mass is 16.5. The predicted molar refractivity (Wildman–Crippen MR) is 41.2 cm³/mol. The van der Waals surface area contributed by atoms with Crippen LogP contribution in [0.25, 0.3) is 0 Å². The van der Waals surface area contributed by atoms with Gasteiger partial charge in [0.05, 0.1) is 6.10 Å². The van der Waals surface area contributed by atoms with E-state index >= 15 is 0 Å². The Bertz CT molecular complexity index is 132. The van der Waals surface area contributed by atoms with Gasteiger partial charge in [-0.1, -0.05) is 0 Å². The Hall–Kier alpha value is -0.770. The van der Waals surface area contributed by atoms with Crippen molar-refractivity contribution in [3.05, 3.63) is 0 Å². The first-order chi connectivity index (χ1) is 5.29. The fourth-order valence-electron chi connectivity index (χ4n) is 1.23. The zero-order valence-electron chi connectivity index (χ0n) is 6.51. The number of primary amides is 1. The average Bonchev–Trinajstić information content (AvgIpc) is 2.39. The van der Waals surface area contributed by atoms with Crippen molar-refractivity contribution in [2.75, 3.05) is 13.2 Å². The van der Waals surface area contributed by atoms with E-state index in [0.29, 0.717) is 12.6 Å². The normalized spacial score (nSPS) is 23.5. The van der Waals surface area contributed by atoms with Gasteiger partial charge in [-0.15, -0.1) is 0 Å².